The van der Waals surface area contributed by atoms with Gasteiger partial charge in [0.15, 0.2) is 11.4 Å². The average molecular weight is 406 g/mol. The molecule has 0 fully saturated rings. The monoisotopic (exact) mass is 406 g/mol. The molecule has 0 spiro atoms. The number of allylic oxidation sites excluding steroid dienone is 1. The molecule has 2 aromatic carbocycles. The van der Waals surface area contributed by atoms with Crippen LogP contribution < -0.4 is 5.32 Å². The van der Waals surface area contributed by atoms with Gasteiger partial charge in [-0.05, 0) is 36.4 Å². The van der Waals surface area contributed by atoms with Crippen LogP contribution in [0, 0.1) is 4.91 Å². The van der Waals surface area contributed by atoms with Gasteiger partial charge < -0.3 is 15.5 Å². The highest BCUT2D eigenvalue weighted by Gasteiger charge is 2.21. The molecule has 0 aliphatic heterocycles. The van der Waals surface area contributed by atoms with Gasteiger partial charge in [0.05, 0.1) is 0 Å². The third-order valence-electron chi connectivity index (χ3n) is 3.27. The number of amides is 1. The zero-order valence-corrected chi connectivity index (χ0v) is 15.1. The van der Waals surface area contributed by atoms with E-state index in [0.29, 0.717) is 11.8 Å². The number of phenolic OH excluding ortho intramolecular Hbond substituents is 1. The van der Waals surface area contributed by atoms with Crippen molar-refractivity contribution in [3.8, 4) is 5.75 Å². The number of anilines is 1. The number of benzene rings is 2. The number of para-hydroxylation sites is 1. The Bertz CT molecular complexity index is 1080. The molecule has 0 saturated heterocycles. The summed E-state index contributed by atoms with van der Waals surface area (Å²) in [4.78, 5) is 22.0. The summed E-state index contributed by atoms with van der Waals surface area (Å²) in [6, 6.07) is 9.74. The van der Waals surface area contributed by atoms with Gasteiger partial charge in [0, 0.05) is 5.69 Å². The molecule has 1 amide bonds. The largest absolute Gasteiger partial charge is 0.510 e. The first kappa shape index (κ1) is 20.7. The quantitative estimate of drug-likeness (QED) is 0.186. The second-order valence-electron chi connectivity index (χ2n) is 5.33. The van der Waals surface area contributed by atoms with Crippen molar-refractivity contribution < 1.29 is 28.0 Å². The second kappa shape index (κ2) is 8.37. The zero-order chi connectivity index (χ0) is 20.9. The van der Waals surface area contributed by atoms with E-state index in [1.165, 1.54) is 0 Å². The average Bonchev–Trinajstić information content (AvgIpc) is 2.62. The molecule has 2 rings (SSSR count). The number of carbonyl (C=O) groups excluding carboxylic acids is 1. The van der Waals surface area contributed by atoms with Crippen LogP contribution in [0.5, 0.6) is 5.75 Å². The van der Waals surface area contributed by atoms with E-state index in [2.05, 4.69) is 20.7 Å². The Kier molecular flexibility index (Phi) is 6.18. The van der Waals surface area contributed by atoms with E-state index in [4.69, 9.17) is 4.55 Å². The Morgan fingerprint density at radius 3 is 2.32 bits per heavy atom. The summed E-state index contributed by atoms with van der Waals surface area (Å²) in [6.45, 7) is 1.16. The molecule has 0 aliphatic rings. The van der Waals surface area contributed by atoms with Crippen molar-refractivity contribution in [2.45, 2.75) is 11.8 Å². The number of hydrogen-bond acceptors (Lipinski definition) is 9. The smallest absolute Gasteiger partial charge is 0.298 e. The maximum absolute atomic E-state index is 12.3. The maximum atomic E-state index is 12.3. The minimum atomic E-state index is -4.89. The molecule has 0 heterocycles. The maximum Gasteiger partial charge on any atom is 0.298 e. The van der Waals surface area contributed by atoms with E-state index in [-0.39, 0.29) is 0 Å². The van der Waals surface area contributed by atoms with Crippen LogP contribution in [0.2, 0.25) is 0 Å². The van der Waals surface area contributed by atoms with Gasteiger partial charge in [-0.1, -0.05) is 18.2 Å². The Balaban J connectivity index is 2.43. The Labute approximate surface area is 158 Å². The fourth-order valence-electron chi connectivity index (χ4n) is 2.00. The van der Waals surface area contributed by atoms with Crippen LogP contribution in [0.3, 0.4) is 0 Å². The van der Waals surface area contributed by atoms with Crippen molar-refractivity contribution in [2.75, 3.05) is 5.32 Å². The van der Waals surface area contributed by atoms with E-state index >= 15 is 0 Å². The Hall–Kier alpha value is -3.64. The third-order valence-corrected chi connectivity index (χ3v) is 4.14. The first-order chi connectivity index (χ1) is 13.1. The lowest BCUT2D eigenvalue weighted by Crippen LogP contribution is -2.14. The molecule has 0 saturated carbocycles. The summed E-state index contributed by atoms with van der Waals surface area (Å²) in [6.07, 6.45) is 0. The van der Waals surface area contributed by atoms with Gasteiger partial charge in [0.1, 0.15) is 22.0 Å². The highest BCUT2D eigenvalue weighted by Crippen LogP contribution is 2.38. The number of nitroso groups, excluding NO2 is 1. The molecule has 12 heteroatoms. The Morgan fingerprint density at radius 1 is 1.14 bits per heavy atom. The van der Waals surface area contributed by atoms with Crippen molar-refractivity contribution in [3.05, 3.63) is 58.8 Å². The summed E-state index contributed by atoms with van der Waals surface area (Å²) in [5, 5.41) is 31.6. The topological polar surface area (TPSA) is 178 Å². The molecule has 0 unspecified atom stereocenters. The van der Waals surface area contributed by atoms with Crippen molar-refractivity contribution in [3.63, 3.8) is 0 Å². The van der Waals surface area contributed by atoms with Gasteiger partial charge >= 0.3 is 0 Å². The predicted molar refractivity (Wildman–Crippen MR) is 98.3 cm³/mol. The summed E-state index contributed by atoms with van der Waals surface area (Å²) >= 11 is 0. The SMILES string of the molecule is C/C(O)=C(/N=N/c1cc(N=O)cc(S(=O)(=O)O)c1O)C(=O)Nc1ccccc1. The van der Waals surface area contributed by atoms with E-state index in [1.54, 1.807) is 30.3 Å². The number of hydrogen-bond donors (Lipinski definition) is 4. The number of rotatable bonds is 6. The van der Waals surface area contributed by atoms with Gasteiger partial charge in [-0.25, -0.2) is 0 Å². The van der Waals surface area contributed by atoms with Crippen molar-refractivity contribution in [1.82, 2.24) is 0 Å². The minimum absolute atomic E-state index is 0.408. The molecular weight excluding hydrogens is 392 g/mol. The van der Waals surface area contributed by atoms with Crippen LogP contribution in [-0.4, -0.2) is 29.1 Å². The number of nitrogens with zero attached hydrogens (tertiary/aromatic N) is 3. The van der Waals surface area contributed by atoms with E-state index < -0.39 is 49.5 Å². The van der Waals surface area contributed by atoms with Crippen LogP contribution in [0.1, 0.15) is 6.92 Å². The number of phenols is 1. The van der Waals surface area contributed by atoms with E-state index in [9.17, 15) is 28.3 Å². The van der Waals surface area contributed by atoms with Crippen molar-refractivity contribution >= 4 is 33.1 Å². The van der Waals surface area contributed by atoms with Gasteiger partial charge in [-0.2, -0.15) is 8.42 Å². The lowest BCUT2D eigenvalue weighted by Gasteiger charge is -2.07. The molecule has 0 aromatic heterocycles. The van der Waals surface area contributed by atoms with Gasteiger partial charge in [-0.3, -0.25) is 9.35 Å². The molecule has 11 nitrogen and oxygen atoms in total. The van der Waals surface area contributed by atoms with Gasteiger partial charge in [-0.15, -0.1) is 15.1 Å². The summed E-state index contributed by atoms with van der Waals surface area (Å²) in [5.74, 6) is -2.37. The molecule has 0 aliphatic carbocycles. The number of nitrogens with one attached hydrogen (secondary N) is 1. The highest BCUT2D eigenvalue weighted by atomic mass is 32.2. The van der Waals surface area contributed by atoms with Crippen molar-refractivity contribution in [1.29, 1.82) is 0 Å². The fraction of sp³-hybridized carbons (Fsp3) is 0.0625. The van der Waals surface area contributed by atoms with Gasteiger partial charge in [0.25, 0.3) is 16.0 Å². The van der Waals surface area contributed by atoms with Crippen LogP contribution in [0.25, 0.3) is 0 Å². The van der Waals surface area contributed by atoms with E-state index in [1.807, 2.05) is 0 Å². The molecular formula is C16H14N4O7S. The highest BCUT2D eigenvalue weighted by molar-refractivity contribution is 7.86. The number of azo groups is 1. The van der Waals surface area contributed by atoms with Crippen molar-refractivity contribution in [2.24, 2.45) is 15.4 Å². The lowest BCUT2D eigenvalue weighted by atomic mass is 10.2. The predicted octanol–water partition coefficient (Wildman–Crippen LogP) is 3.55. The second-order valence-corrected chi connectivity index (χ2v) is 6.72. The van der Waals surface area contributed by atoms with Crippen LogP contribution in [-0.2, 0) is 14.9 Å². The number of aliphatic hydroxyl groups is 1. The lowest BCUT2D eigenvalue weighted by molar-refractivity contribution is -0.113. The molecule has 2 aromatic rings. The third kappa shape index (κ3) is 4.96. The molecule has 0 bridgehead atoms. The van der Waals surface area contributed by atoms with E-state index in [0.717, 1.165) is 13.0 Å². The normalized spacial score (nSPS) is 12.5. The molecule has 28 heavy (non-hydrogen) atoms. The molecule has 146 valence electrons. The first-order valence-electron chi connectivity index (χ1n) is 7.49. The van der Waals surface area contributed by atoms with Gasteiger partial charge in [0.2, 0.25) is 0 Å². The molecule has 0 atom stereocenters. The number of carbonyl (C=O) groups is 1. The summed E-state index contributed by atoms with van der Waals surface area (Å²) in [7, 11) is -4.89. The zero-order valence-electron chi connectivity index (χ0n) is 14.3. The van der Waals surface area contributed by atoms with Crippen LogP contribution >= 0.6 is 0 Å². The fourth-order valence-corrected chi connectivity index (χ4v) is 2.62. The molecule has 0 radical (unpaired) electrons. The standard InChI is InChI=1S/C16H14N4O7S/c1-9(21)14(16(23)17-10-5-3-2-4-6-10)19-18-12-7-11(20-24)8-13(15(12)22)28(25,26)27/h2-8,21-22H,1H3,(H,17,23)(H,25,26,27)/b14-9-,19-18+. The summed E-state index contributed by atoms with van der Waals surface area (Å²) in [5.41, 5.74) is -1.18. The first-order valence-corrected chi connectivity index (χ1v) is 8.93. The van der Waals surface area contributed by atoms with Crippen LogP contribution in [0.15, 0.2) is 74.2 Å². The molecule has 4 N–H and O–H groups in total. The number of aromatic hydroxyl groups is 1. The Morgan fingerprint density at radius 2 is 1.79 bits per heavy atom. The minimum Gasteiger partial charge on any atom is -0.510 e. The van der Waals surface area contributed by atoms with Crippen LogP contribution in [0.4, 0.5) is 17.1 Å². The number of aliphatic hydroxyl groups excluding tert-OH is 1. The summed E-state index contributed by atoms with van der Waals surface area (Å²) < 4.78 is 31.7.